The SMILES string of the molecule is O=C1CCC(C(=O)NCCCn2cccc2)=NN1. The second-order valence-corrected chi connectivity index (χ2v) is 4.12. The molecule has 2 N–H and O–H groups in total. The van der Waals surface area contributed by atoms with Crippen LogP contribution < -0.4 is 10.7 Å². The van der Waals surface area contributed by atoms with Gasteiger partial charge < -0.3 is 9.88 Å². The van der Waals surface area contributed by atoms with E-state index in [0.717, 1.165) is 13.0 Å². The third kappa shape index (κ3) is 3.44. The molecule has 0 saturated heterocycles. The van der Waals surface area contributed by atoms with Crippen molar-refractivity contribution in [2.24, 2.45) is 5.10 Å². The first-order valence-corrected chi connectivity index (χ1v) is 6.00. The number of hydrogen-bond acceptors (Lipinski definition) is 3. The van der Waals surface area contributed by atoms with Crippen LogP contribution in [-0.4, -0.2) is 28.6 Å². The van der Waals surface area contributed by atoms with Crippen LogP contribution in [0.2, 0.25) is 0 Å². The van der Waals surface area contributed by atoms with Crippen LogP contribution in [0.15, 0.2) is 29.6 Å². The predicted octanol–water partition coefficient (Wildman–Crippen LogP) is 0.260. The Morgan fingerprint density at radius 1 is 1.39 bits per heavy atom. The number of hydrazone groups is 1. The Morgan fingerprint density at radius 2 is 2.17 bits per heavy atom. The highest BCUT2D eigenvalue weighted by molar-refractivity contribution is 6.39. The van der Waals surface area contributed by atoms with Crippen LogP contribution in [0.5, 0.6) is 0 Å². The van der Waals surface area contributed by atoms with Gasteiger partial charge in [-0.1, -0.05) is 0 Å². The maximum atomic E-state index is 11.7. The lowest BCUT2D eigenvalue weighted by molar-refractivity contribution is -0.121. The lowest BCUT2D eigenvalue weighted by Crippen LogP contribution is -2.37. The summed E-state index contributed by atoms with van der Waals surface area (Å²) in [4.78, 5) is 22.5. The second kappa shape index (κ2) is 6.00. The molecule has 1 aliphatic rings. The summed E-state index contributed by atoms with van der Waals surface area (Å²) in [5, 5.41) is 6.53. The van der Waals surface area contributed by atoms with Crippen LogP contribution in [0.1, 0.15) is 19.3 Å². The number of carbonyl (C=O) groups is 2. The second-order valence-electron chi connectivity index (χ2n) is 4.12. The molecule has 6 heteroatoms. The van der Waals surface area contributed by atoms with E-state index >= 15 is 0 Å². The van der Waals surface area contributed by atoms with Gasteiger partial charge in [0.15, 0.2) is 0 Å². The Balaban J connectivity index is 1.67. The molecule has 96 valence electrons. The quantitative estimate of drug-likeness (QED) is 0.733. The molecule has 1 aliphatic heterocycles. The fourth-order valence-corrected chi connectivity index (χ4v) is 1.72. The minimum absolute atomic E-state index is 0.140. The Morgan fingerprint density at radius 3 is 2.83 bits per heavy atom. The molecular weight excluding hydrogens is 232 g/mol. The van der Waals surface area contributed by atoms with Crippen LogP contribution >= 0.6 is 0 Å². The first kappa shape index (κ1) is 12.3. The van der Waals surface area contributed by atoms with E-state index in [4.69, 9.17) is 0 Å². The van der Waals surface area contributed by atoms with Gasteiger partial charge in [-0.3, -0.25) is 9.59 Å². The Kier molecular flexibility index (Phi) is 4.11. The molecule has 0 spiro atoms. The van der Waals surface area contributed by atoms with Crippen LogP contribution in [0.4, 0.5) is 0 Å². The van der Waals surface area contributed by atoms with Gasteiger partial charge in [0.2, 0.25) is 5.91 Å². The molecule has 18 heavy (non-hydrogen) atoms. The van der Waals surface area contributed by atoms with E-state index in [1.54, 1.807) is 0 Å². The number of nitrogens with one attached hydrogen (secondary N) is 2. The monoisotopic (exact) mass is 248 g/mol. The summed E-state index contributed by atoms with van der Waals surface area (Å²) in [5.41, 5.74) is 2.71. The van der Waals surface area contributed by atoms with E-state index < -0.39 is 0 Å². The highest BCUT2D eigenvalue weighted by atomic mass is 16.2. The van der Waals surface area contributed by atoms with Gasteiger partial charge >= 0.3 is 0 Å². The highest BCUT2D eigenvalue weighted by Crippen LogP contribution is 1.99. The molecule has 0 fully saturated rings. The maximum absolute atomic E-state index is 11.7. The molecule has 2 rings (SSSR count). The van der Waals surface area contributed by atoms with Crippen molar-refractivity contribution in [1.29, 1.82) is 0 Å². The van der Waals surface area contributed by atoms with Gasteiger partial charge in [0, 0.05) is 38.3 Å². The van der Waals surface area contributed by atoms with Gasteiger partial charge in [0.05, 0.1) is 0 Å². The van der Waals surface area contributed by atoms with Crippen molar-refractivity contribution < 1.29 is 9.59 Å². The normalized spacial score (nSPS) is 14.9. The molecule has 2 heterocycles. The smallest absolute Gasteiger partial charge is 0.267 e. The van der Waals surface area contributed by atoms with Gasteiger partial charge in [-0.2, -0.15) is 5.10 Å². The molecular formula is C12H16N4O2. The lowest BCUT2D eigenvalue weighted by Gasteiger charge is -2.12. The number of aryl methyl sites for hydroxylation is 1. The largest absolute Gasteiger partial charge is 0.354 e. The molecule has 0 radical (unpaired) electrons. The first-order chi connectivity index (χ1) is 8.75. The van der Waals surface area contributed by atoms with Crippen molar-refractivity contribution in [3.8, 4) is 0 Å². The summed E-state index contributed by atoms with van der Waals surface area (Å²) in [6, 6.07) is 3.94. The fourth-order valence-electron chi connectivity index (χ4n) is 1.72. The standard InChI is InChI=1S/C12H16N4O2/c17-11-5-4-10(14-15-11)12(18)13-6-3-9-16-7-1-2-8-16/h1-2,7-8H,3-6,9H2,(H,13,18)(H,15,17). The minimum atomic E-state index is -0.192. The summed E-state index contributed by atoms with van der Waals surface area (Å²) in [5.74, 6) is -0.332. The first-order valence-electron chi connectivity index (χ1n) is 6.00. The highest BCUT2D eigenvalue weighted by Gasteiger charge is 2.17. The summed E-state index contributed by atoms with van der Waals surface area (Å²) in [6.45, 7) is 1.47. The summed E-state index contributed by atoms with van der Waals surface area (Å²) in [6.07, 6.45) is 5.58. The van der Waals surface area contributed by atoms with E-state index in [2.05, 4.69) is 20.4 Å². The zero-order valence-electron chi connectivity index (χ0n) is 10.1. The van der Waals surface area contributed by atoms with Crippen LogP contribution in [-0.2, 0) is 16.1 Å². The molecule has 0 atom stereocenters. The summed E-state index contributed by atoms with van der Waals surface area (Å²) < 4.78 is 2.06. The van der Waals surface area contributed by atoms with Gasteiger partial charge in [0.25, 0.3) is 5.91 Å². The molecule has 0 bridgehead atoms. The van der Waals surface area contributed by atoms with E-state index in [-0.39, 0.29) is 11.8 Å². The van der Waals surface area contributed by atoms with E-state index in [1.165, 1.54) is 0 Å². The van der Waals surface area contributed by atoms with Gasteiger partial charge in [0.1, 0.15) is 5.71 Å². The van der Waals surface area contributed by atoms with Crippen LogP contribution in [0, 0.1) is 0 Å². The average molecular weight is 248 g/mol. The number of aromatic nitrogens is 1. The van der Waals surface area contributed by atoms with Gasteiger partial charge in [-0.25, -0.2) is 5.43 Å². The van der Waals surface area contributed by atoms with Crippen LogP contribution in [0.3, 0.4) is 0 Å². The van der Waals surface area contributed by atoms with Crippen molar-refractivity contribution in [2.75, 3.05) is 6.54 Å². The molecule has 1 aromatic heterocycles. The number of rotatable bonds is 5. The molecule has 1 aromatic rings. The third-order valence-electron chi connectivity index (χ3n) is 2.71. The number of hydrogen-bond donors (Lipinski definition) is 2. The predicted molar refractivity (Wildman–Crippen MR) is 66.9 cm³/mol. The van der Waals surface area contributed by atoms with E-state index in [9.17, 15) is 9.59 Å². The molecule has 0 aromatic carbocycles. The molecule has 6 nitrogen and oxygen atoms in total. The topological polar surface area (TPSA) is 75.5 Å². The van der Waals surface area contributed by atoms with Gasteiger partial charge in [-0.05, 0) is 18.6 Å². The number of amides is 2. The van der Waals surface area contributed by atoms with Crippen molar-refractivity contribution in [1.82, 2.24) is 15.3 Å². The zero-order chi connectivity index (χ0) is 12.8. The Hall–Kier alpha value is -2.11. The maximum Gasteiger partial charge on any atom is 0.267 e. The molecule has 0 aliphatic carbocycles. The third-order valence-corrected chi connectivity index (χ3v) is 2.71. The molecule has 2 amide bonds. The molecule has 0 unspecified atom stereocenters. The Labute approximate surface area is 105 Å². The number of nitrogens with zero attached hydrogens (tertiary/aromatic N) is 2. The molecule has 0 saturated carbocycles. The minimum Gasteiger partial charge on any atom is -0.354 e. The Bertz CT molecular complexity index is 451. The zero-order valence-corrected chi connectivity index (χ0v) is 10.1. The van der Waals surface area contributed by atoms with Crippen molar-refractivity contribution in [3.05, 3.63) is 24.5 Å². The van der Waals surface area contributed by atoms with Crippen molar-refractivity contribution in [3.63, 3.8) is 0 Å². The van der Waals surface area contributed by atoms with Crippen molar-refractivity contribution in [2.45, 2.75) is 25.8 Å². The van der Waals surface area contributed by atoms with Gasteiger partial charge in [-0.15, -0.1) is 0 Å². The van der Waals surface area contributed by atoms with E-state index in [1.807, 2.05) is 24.5 Å². The average Bonchev–Trinajstić information content (AvgIpc) is 2.88. The summed E-state index contributed by atoms with van der Waals surface area (Å²) in [7, 11) is 0. The van der Waals surface area contributed by atoms with Crippen molar-refractivity contribution >= 4 is 17.5 Å². The van der Waals surface area contributed by atoms with Crippen LogP contribution in [0.25, 0.3) is 0 Å². The van der Waals surface area contributed by atoms with E-state index in [0.29, 0.717) is 25.1 Å². The number of carbonyl (C=O) groups excluding carboxylic acids is 2. The summed E-state index contributed by atoms with van der Waals surface area (Å²) >= 11 is 0. The lowest BCUT2D eigenvalue weighted by atomic mass is 10.1. The fraction of sp³-hybridized carbons (Fsp3) is 0.417.